The molecular formula is C22H27NO3. The second kappa shape index (κ2) is 7.18. The summed E-state index contributed by atoms with van der Waals surface area (Å²) in [5.74, 6) is -0.734. The molecule has 26 heavy (non-hydrogen) atoms. The number of amides is 2. The minimum atomic E-state index is -0.449. The van der Waals surface area contributed by atoms with Gasteiger partial charge >= 0.3 is 0 Å². The average Bonchev–Trinajstić information content (AvgIpc) is 2.84. The number of aryl methyl sites for hydroxylation is 3. The van der Waals surface area contributed by atoms with Crippen LogP contribution < -0.4 is 0 Å². The van der Waals surface area contributed by atoms with Crippen molar-refractivity contribution in [3.05, 3.63) is 45.5 Å². The summed E-state index contributed by atoms with van der Waals surface area (Å²) < 4.78 is 0. The maximum atomic E-state index is 12.8. The highest BCUT2D eigenvalue weighted by Gasteiger charge is 2.41. The van der Waals surface area contributed by atoms with Crippen LogP contribution in [-0.4, -0.2) is 29.0 Å². The van der Waals surface area contributed by atoms with E-state index in [4.69, 9.17) is 0 Å². The molecule has 4 heteroatoms. The molecule has 2 aliphatic rings. The summed E-state index contributed by atoms with van der Waals surface area (Å²) in [5.41, 5.74) is 5.57. The van der Waals surface area contributed by atoms with Crippen molar-refractivity contribution >= 4 is 17.6 Å². The van der Waals surface area contributed by atoms with Gasteiger partial charge in [-0.3, -0.25) is 19.3 Å². The van der Waals surface area contributed by atoms with Crippen molar-refractivity contribution in [1.29, 1.82) is 0 Å². The monoisotopic (exact) mass is 353 g/mol. The molecule has 0 spiro atoms. The Balaban J connectivity index is 1.96. The van der Waals surface area contributed by atoms with Crippen molar-refractivity contribution in [2.75, 3.05) is 6.54 Å². The number of rotatable bonds is 5. The number of ketones is 1. The van der Waals surface area contributed by atoms with E-state index in [1.807, 2.05) is 27.7 Å². The molecule has 0 saturated heterocycles. The Hall–Kier alpha value is -2.23. The van der Waals surface area contributed by atoms with Gasteiger partial charge in [-0.15, -0.1) is 0 Å². The van der Waals surface area contributed by atoms with E-state index >= 15 is 0 Å². The van der Waals surface area contributed by atoms with Crippen LogP contribution in [0.25, 0.3) is 0 Å². The van der Waals surface area contributed by atoms with Gasteiger partial charge < -0.3 is 0 Å². The summed E-state index contributed by atoms with van der Waals surface area (Å²) in [7, 11) is 0. The quantitative estimate of drug-likeness (QED) is 0.754. The number of hydrogen-bond acceptors (Lipinski definition) is 3. The van der Waals surface area contributed by atoms with Crippen LogP contribution in [0.3, 0.4) is 0 Å². The summed E-state index contributed by atoms with van der Waals surface area (Å²) in [6, 6.07) is 4.13. The standard InChI is InChI=1S/C22H27NO3/c1-5-19(24)18(20-14(3)10-13(2)11-15(20)4)12-23-21(25)16-8-6-7-9-17(16)22(23)26/h10-11,18H,5-9,12H2,1-4H3. The molecule has 1 aromatic carbocycles. The van der Waals surface area contributed by atoms with Gasteiger partial charge in [-0.1, -0.05) is 24.6 Å². The average molecular weight is 353 g/mol. The summed E-state index contributed by atoms with van der Waals surface area (Å²) in [6.45, 7) is 8.03. The normalized spacial score (nSPS) is 18.4. The van der Waals surface area contributed by atoms with Crippen molar-refractivity contribution < 1.29 is 14.4 Å². The predicted octanol–water partition coefficient (Wildman–Crippen LogP) is 3.91. The lowest BCUT2D eigenvalue weighted by atomic mass is 9.85. The molecule has 2 amide bonds. The van der Waals surface area contributed by atoms with Crippen molar-refractivity contribution in [2.45, 2.75) is 65.7 Å². The minimum absolute atomic E-state index is 0.0746. The molecule has 0 radical (unpaired) electrons. The molecule has 0 aromatic heterocycles. The molecule has 1 atom stereocenters. The number of nitrogens with zero attached hydrogens (tertiary/aromatic N) is 1. The highest BCUT2D eigenvalue weighted by atomic mass is 16.2. The number of carbonyl (C=O) groups is 3. The smallest absolute Gasteiger partial charge is 0.257 e. The molecule has 1 heterocycles. The Morgan fingerprint density at radius 2 is 1.50 bits per heavy atom. The maximum Gasteiger partial charge on any atom is 0.257 e. The van der Waals surface area contributed by atoms with Gasteiger partial charge in [-0.2, -0.15) is 0 Å². The van der Waals surface area contributed by atoms with Crippen LogP contribution in [0.15, 0.2) is 23.3 Å². The van der Waals surface area contributed by atoms with Crippen LogP contribution in [0.4, 0.5) is 0 Å². The fourth-order valence-electron chi connectivity index (χ4n) is 4.49. The zero-order chi connectivity index (χ0) is 19.0. The lowest BCUT2D eigenvalue weighted by Gasteiger charge is -2.25. The second-order valence-corrected chi connectivity index (χ2v) is 7.57. The third kappa shape index (κ3) is 3.13. The summed E-state index contributed by atoms with van der Waals surface area (Å²) in [5, 5.41) is 0. The summed E-state index contributed by atoms with van der Waals surface area (Å²) in [4.78, 5) is 39.7. The van der Waals surface area contributed by atoms with Crippen LogP contribution in [0.1, 0.15) is 67.2 Å². The Morgan fingerprint density at radius 1 is 1.00 bits per heavy atom. The zero-order valence-corrected chi connectivity index (χ0v) is 16.1. The van der Waals surface area contributed by atoms with Gasteiger partial charge in [0.25, 0.3) is 11.8 Å². The van der Waals surface area contributed by atoms with Gasteiger partial charge in [-0.25, -0.2) is 0 Å². The molecule has 0 N–H and O–H groups in total. The molecule has 3 rings (SSSR count). The molecule has 1 aliphatic heterocycles. The van der Waals surface area contributed by atoms with Gasteiger partial charge in [0.1, 0.15) is 5.78 Å². The molecule has 0 fully saturated rings. The number of benzene rings is 1. The van der Waals surface area contributed by atoms with E-state index in [9.17, 15) is 14.4 Å². The van der Waals surface area contributed by atoms with Gasteiger partial charge in [0.15, 0.2) is 0 Å². The first-order chi connectivity index (χ1) is 12.3. The summed E-state index contributed by atoms with van der Waals surface area (Å²) >= 11 is 0. The highest BCUT2D eigenvalue weighted by Crippen LogP contribution is 2.35. The molecule has 138 valence electrons. The van der Waals surface area contributed by atoms with E-state index < -0.39 is 5.92 Å². The Labute approximate surface area is 155 Å². The van der Waals surface area contributed by atoms with Gasteiger partial charge in [0, 0.05) is 24.1 Å². The summed E-state index contributed by atoms with van der Waals surface area (Å²) in [6.07, 6.45) is 3.68. The SMILES string of the molecule is CCC(=O)C(CN1C(=O)C2=C(CCCC2)C1=O)c1c(C)cc(C)cc1C. The number of hydrogen-bond donors (Lipinski definition) is 0. The first-order valence-corrected chi connectivity index (χ1v) is 9.53. The largest absolute Gasteiger partial charge is 0.299 e. The number of Topliss-reactive ketones (excluding diaryl/α,β-unsaturated/α-hetero) is 1. The predicted molar refractivity (Wildman–Crippen MR) is 101 cm³/mol. The van der Waals surface area contributed by atoms with Crippen LogP contribution in [0, 0.1) is 20.8 Å². The van der Waals surface area contributed by atoms with Crippen molar-refractivity contribution in [3.8, 4) is 0 Å². The molecule has 1 aliphatic carbocycles. The van der Waals surface area contributed by atoms with Crippen molar-refractivity contribution in [1.82, 2.24) is 4.90 Å². The Morgan fingerprint density at radius 3 is 1.96 bits per heavy atom. The fourth-order valence-corrected chi connectivity index (χ4v) is 4.49. The van der Waals surface area contributed by atoms with Crippen LogP contribution >= 0.6 is 0 Å². The molecule has 0 bridgehead atoms. The van der Waals surface area contributed by atoms with E-state index in [0.717, 1.165) is 35.1 Å². The molecular weight excluding hydrogens is 326 g/mol. The molecule has 1 unspecified atom stereocenters. The molecule has 0 saturated carbocycles. The van der Waals surface area contributed by atoms with Gasteiger partial charge in [-0.05, 0) is 63.1 Å². The Bertz CT molecular complexity index is 768. The van der Waals surface area contributed by atoms with Crippen LogP contribution in [-0.2, 0) is 14.4 Å². The highest BCUT2D eigenvalue weighted by molar-refractivity contribution is 6.19. The van der Waals surface area contributed by atoms with E-state index in [1.54, 1.807) is 0 Å². The fraction of sp³-hybridized carbons (Fsp3) is 0.500. The second-order valence-electron chi connectivity index (χ2n) is 7.57. The lowest BCUT2D eigenvalue weighted by Crippen LogP contribution is -2.38. The third-order valence-corrected chi connectivity index (χ3v) is 5.66. The Kier molecular flexibility index (Phi) is 5.12. The van der Waals surface area contributed by atoms with Gasteiger partial charge in [0.05, 0.1) is 5.92 Å². The van der Waals surface area contributed by atoms with E-state index in [-0.39, 0.29) is 24.1 Å². The number of carbonyl (C=O) groups excluding carboxylic acids is 3. The van der Waals surface area contributed by atoms with E-state index in [1.165, 1.54) is 4.90 Å². The van der Waals surface area contributed by atoms with Crippen LogP contribution in [0.5, 0.6) is 0 Å². The number of imide groups is 1. The first kappa shape index (κ1) is 18.6. The third-order valence-electron chi connectivity index (χ3n) is 5.66. The van der Waals surface area contributed by atoms with Crippen LogP contribution in [0.2, 0.25) is 0 Å². The maximum absolute atomic E-state index is 12.8. The lowest BCUT2D eigenvalue weighted by molar-refractivity contribution is -0.138. The topological polar surface area (TPSA) is 54.5 Å². The zero-order valence-electron chi connectivity index (χ0n) is 16.1. The van der Waals surface area contributed by atoms with E-state index in [2.05, 4.69) is 12.1 Å². The van der Waals surface area contributed by atoms with E-state index in [0.29, 0.717) is 30.4 Å². The first-order valence-electron chi connectivity index (χ1n) is 9.53. The van der Waals surface area contributed by atoms with Crippen molar-refractivity contribution in [3.63, 3.8) is 0 Å². The molecule has 4 nitrogen and oxygen atoms in total. The minimum Gasteiger partial charge on any atom is -0.299 e. The van der Waals surface area contributed by atoms with Crippen molar-refractivity contribution in [2.24, 2.45) is 0 Å². The molecule has 1 aromatic rings. The van der Waals surface area contributed by atoms with Gasteiger partial charge in [0.2, 0.25) is 0 Å².